The Morgan fingerprint density at radius 2 is 2.05 bits per heavy atom. The van der Waals surface area contributed by atoms with Crippen LogP contribution >= 0.6 is 11.6 Å². The van der Waals surface area contributed by atoms with Gasteiger partial charge in [-0.05, 0) is 38.1 Å². The first kappa shape index (κ1) is 16.0. The molecule has 116 valence electrons. The molecule has 0 saturated carbocycles. The van der Waals surface area contributed by atoms with Crippen LogP contribution in [0.3, 0.4) is 0 Å². The number of carbonyl (C=O) groups excluding carboxylic acids is 2. The molecule has 1 aromatic heterocycles. The molecule has 0 unspecified atom stereocenters. The first-order chi connectivity index (χ1) is 10.4. The standard InChI is InChI=1S/C15H13ClFNO4/c1-8-5-11(9(2)22-8)15(20)21-7-14(19)18-13-4-3-10(16)6-12(13)17/h3-6H,7H2,1-2H3,(H,18,19). The first-order valence-electron chi connectivity index (χ1n) is 6.36. The van der Waals surface area contributed by atoms with Gasteiger partial charge < -0.3 is 14.5 Å². The lowest BCUT2D eigenvalue weighted by Crippen LogP contribution is -2.21. The van der Waals surface area contributed by atoms with Crippen molar-refractivity contribution in [3.8, 4) is 0 Å². The van der Waals surface area contributed by atoms with E-state index in [2.05, 4.69) is 5.32 Å². The van der Waals surface area contributed by atoms with Crippen LogP contribution in [-0.4, -0.2) is 18.5 Å². The van der Waals surface area contributed by atoms with Gasteiger partial charge in [0.25, 0.3) is 5.91 Å². The number of carbonyl (C=O) groups is 2. The highest BCUT2D eigenvalue weighted by Crippen LogP contribution is 2.19. The third-order valence-corrected chi connectivity index (χ3v) is 3.04. The Bertz CT molecular complexity index is 726. The highest BCUT2D eigenvalue weighted by molar-refractivity contribution is 6.30. The number of rotatable bonds is 4. The average Bonchev–Trinajstić information content (AvgIpc) is 2.78. The van der Waals surface area contributed by atoms with Gasteiger partial charge in [0.05, 0.1) is 5.69 Å². The van der Waals surface area contributed by atoms with Gasteiger partial charge in [-0.2, -0.15) is 0 Å². The number of halogens is 2. The number of ether oxygens (including phenoxy) is 1. The second-order valence-electron chi connectivity index (χ2n) is 4.58. The summed E-state index contributed by atoms with van der Waals surface area (Å²) in [6.07, 6.45) is 0. The maximum Gasteiger partial charge on any atom is 0.342 e. The highest BCUT2D eigenvalue weighted by atomic mass is 35.5. The monoisotopic (exact) mass is 325 g/mol. The molecule has 7 heteroatoms. The number of benzene rings is 1. The van der Waals surface area contributed by atoms with Gasteiger partial charge in [-0.25, -0.2) is 9.18 Å². The van der Waals surface area contributed by atoms with Gasteiger partial charge in [0.2, 0.25) is 0 Å². The first-order valence-corrected chi connectivity index (χ1v) is 6.73. The van der Waals surface area contributed by atoms with E-state index >= 15 is 0 Å². The van der Waals surface area contributed by atoms with Crippen LogP contribution in [0, 0.1) is 19.7 Å². The van der Waals surface area contributed by atoms with Crippen molar-refractivity contribution in [3.05, 3.63) is 52.2 Å². The van der Waals surface area contributed by atoms with Crippen LogP contribution in [0.15, 0.2) is 28.7 Å². The van der Waals surface area contributed by atoms with Gasteiger partial charge in [-0.3, -0.25) is 4.79 Å². The molecule has 0 aliphatic carbocycles. The molecular weight excluding hydrogens is 313 g/mol. The molecule has 0 atom stereocenters. The molecular formula is C15H13ClFNO4. The molecule has 5 nitrogen and oxygen atoms in total. The lowest BCUT2D eigenvalue weighted by atomic mass is 10.2. The SMILES string of the molecule is Cc1cc(C(=O)OCC(=O)Nc2ccc(Cl)cc2F)c(C)o1. The Morgan fingerprint density at radius 1 is 1.32 bits per heavy atom. The van der Waals surface area contributed by atoms with E-state index in [-0.39, 0.29) is 16.3 Å². The van der Waals surface area contributed by atoms with Gasteiger partial charge in [0.1, 0.15) is 22.9 Å². The number of anilines is 1. The molecule has 1 heterocycles. The fourth-order valence-electron chi connectivity index (χ4n) is 1.82. The Labute approximate surface area is 131 Å². The van der Waals surface area contributed by atoms with E-state index in [9.17, 15) is 14.0 Å². The number of hydrogen-bond donors (Lipinski definition) is 1. The summed E-state index contributed by atoms with van der Waals surface area (Å²) < 4.78 is 23.6. The van der Waals surface area contributed by atoms with Gasteiger partial charge in [-0.15, -0.1) is 0 Å². The fourth-order valence-corrected chi connectivity index (χ4v) is 1.98. The molecule has 0 aliphatic rings. The summed E-state index contributed by atoms with van der Waals surface area (Å²) in [6, 6.07) is 5.35. The van der Waals surface area contributed by atoms with Gasteiger partial charge in [0.15, 0.2) is 6.61 Å². The Morgan fingerprint density at radius 3 is 2.64 bits per heavy atom. The molecule has 2 rings (SSSR count). The molecule has 1 aromatic carbocycles. The number of aryl methyl sites for hydroxylation is 2. The molecule has 1 amide bonds. The van der Waals surface area contributed by atoms with Crippen LogP contribution in [0.5, 0.6) is 0 Å². The van der Waals surface area contributed by atoms with Gasteiger partial charge in [-0.1, -0.05) is 11.6 Å². The minimum Gasteiger partial charge on any atom is -0.466 e. The predicted octanol–water partition coefficient (Wildman–Crippen LogP) is 3.48. The average molecular weight is 326 g/mol. The summed E-state index contributed by atoms with van der Waals surface area (Å²) in [7, 11) is 0. The van der Waals surface area contributed by atoms with Crippen molar-refractivity contribution in [2.24, 2.45) is 0 Å². The molecule has 22 heavy (non-hydrogen) atoms. The zero-order valence-electron chi connectivity index (χ0n) is 11.9. The molecule has 0 bridgehead atoms. The van der Waals surface area contributed by atoms with Gasteiger partial charge >= 0.3 is 5.97 Å². The molecule has 0 spiro atoms. The molecule has 0 aliphatic heterocycles. The Kier molecular flexibility index (Phi) is 4.82. The number of amides is 1. The topological polar surface area (TPSA) is 68.5 Å². The summed E-state index contributed by atoms with van der Waals surface area (Å²) >= 11 is 5.61. The fraction of sp³-hybridized carbons (Fsp3) is 0.200. The van der Waals surface area contributed by atoms with Crippen LogP contribution in [0.2, 0.25) is 5.02 Å². The molecule has 0 radical (unpaired) electrons. The van der Waals surface area contributed by atoms with E-state index in [1.165, 1.54) is 18.2 Å². The maximum atomic E-state index is 13.5. The summed E-state index contributed by atoms with van der Waals surface area (Å²) in [5.41, 5.74) is 0.212. The molecule has 1 N–H and O–H groups in total. The lowest BCUT2D eigenvalue weighted by molar-refractivity contribution is -0.119. The molecule has 0 saturated heterocycles. The van der Waals surface area contributed by atoms with Crippen molar-refractivity contribution in [1.82, 2.24) is 0 Å². The summed E-state index contributed by atoms with van der Waals surface area (Å²) in [6.45, 7) is 2.77. The summed E-state index contributed by atoms with van der Waals surface area (Å²) in [4.78, 5) is 23.5. The van der Waals surface area contributed by atoms with Crippen molar-refractivity contribution >= 4 is 29.2 Å². The predicted molar refractivity (Wildman–Crippen MR) is 78.5 cm³/mol. The van der Waals surface area contributed by atoms with Crippen LogP contribution in [-0.2, 0) is 9.53 Å². The Balaban J connectivity index is 1.92. The van der Waals surface area contributed by atoms with E-state index in [0.717, 1.165) is 6.07 Å². The largest absolute Gasteiger partial charge is 0.466 e. The highest BCUT2D eigenvalue weighted by Gasteiger charge is 2.16. The zero-order chi connectivity index (χ0) is 16.3. The summed E-state index contributed by atoms with van der Waals surface area (Å²) in [5.74, 6) is -1.04. The maximum absolute atomic E-state index is 13.5. The van der Waals surface area contributed by atoms with Crippen LogP contribution in [0.1, 0.15) is 21.9 Å². The quantitative estimate of drug-likeness (QED) is 0.874. The van der Waals surface area contributed by atoms with E-state index in [1.54, 1.807) is 13.8 Å². The third kappa shape index (κ3) is 3.85. The van der Waals surface area contributed by atoms with E-state index in [0.29, 0.717) is 11.5 Å². The minimum atomic E-state index is -0.680. The molecule has 0 fully saturated rings. The van der Waals surface area contributed by atoms with E-state index in [4.69, 9.17) is 20.8 Å². The second-order valence-corrected chi connectivity index (χ2v) is 5.01. The van der Waals surface area contributed by atoms with Crippen molar-refractivity contribution in [2.75, 3.05) is 11.9 Å². The van der Waals surface area contributed by atoms with Gasteiger partial charge in [0, 0.05) is 5.02 Å². The Hall–Kier alpha value is -2.34. The number of nitrogens with one attached hydrogen (secondary N) is 1. The smallest absolute Gasteiger partial charge is 0.342 e. The van der Waals surface area contributed by atoms with Crippen LogP contribution in [0.4, 0.5) is 10.1 Å². The van der Waals surface area contributed by atoms with E-state index < -0.39 is 24.3 Å². The van der Waals surface area contributed by atoms with Crippen LogP contribution < -0.4 is 5.32 Å². The van der Waals surface area contributed by atoms with Crippen molar-refractivity contribution in [3.63, 3.8) is 0 Å². The van der Waals surface area contributed by atoms with E-state index in [1.807, 2.05) is 0 Å². The summed E-state index contributed by atoms with van der Waals surface area (Å²) in [5, 5.41) is 2.51. The van der Waals surface area contributed by atoms with Crippen molar-refractivity contribution in [2.45, 2.75) is 13.8 Å². The number of furan rings is 1. The molecule has 2 aromatic rings. The zero-order valence-corrected chi connectivity index (χ0v) is 12.7. The second kappa shape index (κ2) is 6.62. The van der Waals surface area contributed by atoms with Crippen molar-refractivity contribution < 1.29 is 23.1 Å². The van der Waals surface area contributed by atoms with Crippen LogP contribution in [0.25, 0.3) is 0 Å². The normalized spacial score (nSPS) is 10.4. The lowest BCUT2D eigenvalue weighted by Gasteiger charge is -2.07. The number of hydrogen-bond acceptors (Lipinski definition) is 4. The van der Waals surface area contributed by atoms with Crippen molar-refractivity contribution in [1.29, 1.82) is 0 Å². The third-order valence-electron chi connectivity index (χ3n) is 2.80. The number of esters is 1. The minimum absolute atomic E-state index is 0.0409.